The molecule has 9 heteroatoms. The second-order valence-corrected chi connectivity index (χ2v) is 8.87. The molecule has 172 valence electrons. The fourth-order valence-corrected chi connectivity index (χ4v) is 4.71. The van der Waals surface area contributed by atoms with E-state index in [1.807, 2.05) is 55.5 Å². The van der Waals surface area contributed by atoms with Gasteiger partial charge in [0.1, 0.15) is 11.8 Å². The predicted molar refractivity (Wildman–Crippen MR) is 130 cm³/mol. The second-order valence-electron chi connectivity index (χ2n) is 7.52. The topological polar surface area (TPSA) is 78.3 Å². The monoisotopic (exact) mass is 484 g/mol. The zero-order chi connectivity index (χ0) is 23.4. The van der Waals surface area contributed by atoms with Crippen molar-refractivity contribution < 1.29 is 14.3 Å². The standard InChI is InChI=1S/C24H25ClN4O3S/c1-4-13-32-18-11-9-16(10-12-18)21-20(22(30)31-3)15(2)26-23-27-24(28-29(21)23)33-14-17-7-5-6-8-19(17)25/h5-12,21H,4,13-14H2,1-3H3,(H,26,27,28). The SMILES string of the molecule is CCCOc1ccc(C2C(C(=O)OC)=C(C)Nc3nc(SCc4ccccc4Cl)nn32)cc1. The van der Waals surface area contributed by atoms with Gasteiger partial charge in [0.15, 0.2) is 0 Å². The number of rotatable bonds is 8. The molecule has 2 heterocycles. The van der Waals surface area contributed by atoms with Crippen LogP contribution in [0.5, 0.6) is 5.75 Å². The van der Waals surface area contributed by atoms with Gasteiger partial charge in [0, 0.05) is 16.5 Å². The highest BCUT2D eigenvalue weighted by atomic mass is 35.5. The minimum absolute atomic E-state index is 0.414. The maximum atomic E-state index is 12.7. The smallest absolute Gasteiger partial charge is 0.338 e. The first-order valence-corrected chi connectivity index (χ1v) is 12.0. The molecule has 1 unspecified atom stereocenters. The average Bonchev–Trinajstić information content (AvgIpc) is 3.23. The Morgan fingerprint density at radius 1 is 1.21 bits per heavy atom. The first-order valence-electron chi connectivity index (χ1n) is 10.6. The highest BCUT2D eigenvalue weighted by molar-refractivity contribution is 7.98. The largest absolute Gasteiger partial charge is 0.494 e. The van der Waals surface area contributed by atoms with Crippen molar-refractivity contribution in [3.8, 4) is 5.75 Å². The number of anilines is 1. The molecule has 4 rings (SSSR count). The van der Waals surface area contributed by atoms with Gasteiger partial charge in [-0.25, -0.2) is 9.48 Å². The van der Waals surface area contributed by atoms with Crippen molar-refractivity contribution >= 4 is 35.3 Å². The number of nitrogens with one attached hydrogen (secondary N) is 1. The third-order valence-electron chi connectivity index (χ3n) is 5.22. The van der Waals surface area contributed by atoms with Crippen molar-refractivity contribution in [2.75, 3.05) is 19.0 Å². The van der Waals surface area contributed by atoms with Gasteiger partial charge in [0.05, 0.1) is 19.3 Å². The number of fused-ring (bicyclic) bond motifs is 1. The molecule has 0 spiro atoms. The number of hydrogen-bond donors (Lipinski definition) is 1. The van der Waals surface area contributed by atoms with E-state index in [0.717, 1.165) is 23.3 Å². The Labute approximate surface area is 202 Å². The quantitative estimate of drug-likeness (QED) is 0.335. The minimum atomic E-state index is -0.476. The number of aromatic nitrogens is 3. The molecule has 2 aromatic carbocycles. The molecule has 33 heavy (non-hydrogen) atoms. The molecule has 1 N–H and O–H groups in total. The lowest BCUT2D eigenvalue weighted by Gasteiger charge is -2.27. The number of methoxy groups -OCH3 is 1. The highest BCUT2D eigenvalue weighted by Crippen LogP contribution is 2.37. The van der Waals surface area contributed by atoms with E-state index in [2.05, 4.69) is 17.2 Å². The Morgan fingerprint density at radius 2 is 1.97 bits per heavy atom. The molecular formula is C24H25ClN4O3S. The van der Waals surface area contributed by atoms with Crippen LogP contribution in [0.3, 0.4) is 0 Å². The van der Waals surface area contributed by atoms with Crippen LogP contribution in [-0.2, 0) is 15.3 Å². The van der Waals surface area contributed by atoms with Crippen LogP contribution >= 0.6 is 23.4 Å². The molecule has 0 radical (unpaired) electrons. The summed E-state index contributed by atoms with van der Waals surface area (Å²) in [7, 11) is 1.38. The van der Waals surface area contributed by atoms with E-state index in [4.69, 9.17) is 26.2 Å². The number of esters is 1. The highest BCUT2D eigenvalue weighted by Gasteiger charge is 2.35. The Bertz CT molecular complexity index is 1180. The number of benzene rings is 2. The Hall–Kier alpha value is -2.97. The van der Waals surface area contributed by atoms with E-state index in [1.54, 1.807) is 4.68 Å². The van der Waals surface area contributed by atoms with Gasteiger partial charge in [-0.2, -0.15) is 4.98 Å². The summed E-state index contributed by atoms with van der Waals surface area (Å²) in [5.41, 5.74) is 3.06. The van der Waals surface area contributed by atoms with Gasteiger partial charge < -0.3 is 14.8 Å². The van der Waals surface area contributed by atoms with E-state index in [9.17, 15) is 4.79 Å². The zero-order valence-electron chi connectivity index (χ0n) is 18.7. The van der Waals surface area contributed by atoms with E-state index in [1.165, 1.54) is 18.9 Å². The normalized spacial score (nSPS) is 15.1. The molecule has 3 aromatic rings. The summed E-state index contributed by atoms with van der Waals surface area (Å²) < 4.78 is 12.5. The molecule has 0 amide bonds. The summed E-state index contributed by atoms with van der Waals surface area (Å²) in [6.45, 7) is 4.55. The van der Waals surface area contributed by atoms with Crippen LogP contribution in [0.2, 0.25) is 5.02 Å². The zero-order valence-corrected chi connectivity index (χ0v) is 20.2. The Kier molecular flexibility index (Phi) is 7.25. The van der Waals surface area contributed by atoms with E-state index < -0.39 is 12.0 Å². The summed E-state index contributed by atoms with van der Waals surface area (Å²) in [6.07, 6.45) is 0.932. The van der Waals surface area contributed by atoms with Gasteiger partial charge in [-0.05, 0) is 42.7 Å². The molecule has 0 bridgehead atoms. The fourth-order valence-electron chi connectivity index (χ4n) is 3.60. The van der Waals surface area contributed by atoms with Gasteiger partial charge in [0.2, 0.25) is 11.1 Å². The third-order valence-corrected chi connectivity index (χ3v) is 6.48. The number of halogens is 1. The van der Waals surface area contributed by atoms with Gasteiger partial charge in [-0.3, -0.25) is 0 Å². The van der Waals surface area contributed by atoms with Crippen LogP contribution in [0.25, 0.3) is 0 Å². The van der Waals surface area contributed by atoms with Gasteiger partial charge in [0.25, 0.3) is 0 Å². The number of hydrogen-bond acceptors (Lipinski definition) is 7. The summed E-state index contributed by atoms with van der Waals surface area (Å²) in [4.78, 5) is 17.4. The number of thioether (sulfide) groups is 1. The Balaban J connectivity index is 1.66. The average molecular weight is 485 g/mol. The van der Waals surface area contributed by atoms with Gasteiger partial charge >= 0.3 is 5.97 Å². The first kappa shape index (κ1) is 23.2. The molecule has 0 saturated carbocycles. The molecule has 1 atom stereocenters. The number of allylic oxidation sites excluding steroid dienone is 1. The van der Waals surface area contributed by atoms with E-state index in [-0.39, 0.29) is 0 Å². The van der Waals surface area contributed by atoms with E-state index in [0.29, 0.717) is 39.8 Å². The molecule has 1 aliphatic heterocycles. The molecule has 1 aliphatic rings. The first-order chi connectivity index (χ1) is 16.0. The lowest BCUT2D eigenvalue weighted by atomic mass is 9.96. The van der Waals surface area contributed by atoms with Crippen molar-refractivity contribution in [3.05, 3.63) is 76.0 Å². The minimum Gasteiger partial charge on any atom is -0.494 e. The van der Waals surface area contributed by atoms with Crippen LogP contribution in [0, 0.1) is 0 Å². The van der Waals surface area contributed by atoms with Crippen LogP contribution in [0.4, 0.5) is 5.95 Å². The summed E-state index contributed by atoms with van der Waals surface area (Å²) in [6, 6.07) is 14.9. The Morgan fingerprint density at radius 3 is 2.67 bits per heavy atom. The number of nitrogens with zero attached hydrogens (tertiary/aromatic N) is 3. The lowest BCUT2D eigenvalue weighted by molar-refractivity contribution is -0.136. The van der Waals surface area contributed by atoms with Crippen LogP contribution in [-0.4, -0.2) is 34.5 Å². The number of carbonyl (C=O) groups is 1. The van der Waals surface area contributed by atoms with Gasteiger partial charge in [-0.15, -0.1) is 5.10 Å². The van der Waals surface area contributed by atoms with Crippen molar-refractivity contribution in [2.24, 2.45) is 0 Å². The molecular weight excluding hydrogens is 460 g/mol. The van der Waals surface area contributed by atoms with Crippen molar-refractivity contribution in [2.45, 2.75) is 37.2 Å². The summed E-state index contributed by atoms with van der Waals surface area (Å²) in [5.74, 6) is 1.57. The van der Waals surface area contributed by atoms with Crippen LogP contribution in [0.15, 0.2) is 65.0 Å². The number of ether oxygens (including phenoxy) is 2. The maximum Gasteiger partial charge on any atom is 0.338 e. The molecule has 0 aliphatic carbocycles. The van der Waals surface area contributed by atoms with Gasteiger partial charge in [-0.1, -0.05) is 60.6 Å². The second kappa shape index (κ2) is 10.3. The molecule has 0 fully saturated rings. The predicted octanol–water partition coefficient (Wildman–Crippen LogP) is 5.47. The fraction of sp³-hybridized carbons (Fsp3) is 0.292. The third kappa shape index (κ3) is 5.02. The van der Waals surface area contributed by atoms with Crippen molar-refractivity contribution in [3.63, 3.8) is 0 Å². The van der Waals surface area contributed by atoms with Crippen molar-refractivity contribution in [1.82, 2.24) is 14.8 Å². The lowest BCUT2D eigenvalue weighted by Crippen LogP contribution is -2.29. The number of carbonyl (C=O) groups excluding carboxylic acids is 1. The molecule has 0 saturated heterocycles. The van der Waals surface area contributed by atoms with Crippen LogP contribution in [0.1, 0.15) is 37.4 Å². The summed E-state index contributed by atoms with van der Waals surface area (Å²) in [5, 5.41) is 9.21. The maximum absolute atomic E-state index is 12.7. The molecule has 7 nitrogen and oxygen atoms in total. The van der Waals surface area contributed by atoms with E-state index >= 15 is 0 Å². The van der Waals surface area contributed by atoms with Crippen LogP contribution < -0.4 is 10.1 Å². The van der Waals surface area contributed by atoms with Crippen molar-refractivity contribution in [1.29, 1.82) is 0 Å². The molecule has 1 aromatic heterocycles. The summed E-state index contributed by atoms with van der Waals surface area (Å²) >= 11 is 7.77.